The first-order chi connectivity index (χ1) is 11.9. The number of H-pyrrole nitrogens is 1. The van der Waals surface area contributed by atoms with E-state index in [4.69, 9.17) is 0 Å². The lowest BCUT2D eigenvalue weighted by Crippen LogP contribution is -2.45. The monoisotopic (exact) mass is 345 g/mol. The van der Waals surface area contributed by atoms with E-state index < -0.39 is 17.3 Å². The molecule has 2 aromatic rings. The second-order valence-corrected chi connectivity index (χ2v) is 6.02. The molecule has 0 aliphatic carbocycles. The number of amides is 2. The summed E-state index contributed by atoms with van der Waals surface area (Å²) in [6.45, 7) is 3.39. The molecule has 25 heavy (non-hydrogen) atoms. The number of hydrogen-bond donors (Lipinski definition) is 4. The third-order valence-electron chi connectivity index (χ3n) is 4.62. The summed E-state index contributed by atoms with van der Waals surface area (Å²) >= 11 is 0. The van der Waals surface area contributed by atoms with Crippen molar-refractivity contribution in [2.24, 2.45) is 5.41 Å². The number of hydrogen-bond acceptors (Lipinski definition) is 3. The van der Waals surface area contributed by atoms with Gasteiger partial charge in [-0.1, -0.05) is 32.0 Å². The van der Waals surface area contributed by atoms with Gasteiger partial charge in [-0.05, 0) is 25.0 Å². The Labute approximate surface area is 145 Å². The Morgan fingerprint density at radius 3 is 2.40 bits per heavy atom. The molecule has 0 radical (unpaired) electrons. The fourth-order valence-electron chi connectivity index (χ4n) is 2.66. The van der Waals surface area contributed by atoms with Crippen molar-refractivity contribution < 1.29 is 19.5 Å². The number of aliphatic carboxylic acids is 1. The fraction of sp³-hybridized carbons (Fsp3) is 0.389. The van der Waals surface area contributed by atoms with E-state index in [0.717, 1.165) is 10.9 Å². The number of rotatable bonds is 8. The molecule has 0 atom stereocenters. The minimum absolute atomic E-state index is 0.0381. The van der Waals surface area contributed by atoms with Crippen LogP contribution in [-0.4, -0.2) is 41.0 Å². The van der Waals surface area contributed by atoms with Crippen LogP contribution in [0, 0.1) is 5.41 Å². The molecule has 0 bridgehead atoms. The van der Waals surface area contributed by atoms with Gasteiger partial charge in [-0.15, -0.1) is 0 Å². The van der Waals surface area contributed by atoms with Gasteiger partial charge < -0.3 is 20.7 Å². The first-order valence-corrected chi connectivity index (χ1v) is 8.28. The number of para-hydroxylation sites is 1. The molecule has 0 saturated carbocycles. The lowest BCUT2D eigenvalue weighted by Gasteiger charge is -2.26. The normalized spacial score (nSPS) is 11.3. The molecule has 134 valence electrons. The van der Waals surface area contributed by atoms with Crippen LogP contribution in [0.4, 0.5) is 0 Å². The topological polar surface area (TPSA) is 111 Å². The zero-order valence-electron chi connectivity index (χ0n) is 14.4. The molecule has 4 N–H and O–H groups in total. The van der Waals surface area contributed by atoms with Gasteiger partial charge >= 0.3 is 5.97 Å². The number of carbonyl (C=O) groups excluding carboxylic acids is 2. The van der Waals surface area contributed by atoms with Crippen LogP contribution in [0.15, 0.2) is 30.3 Å². The highest BCUT2D eigenvalue weighted by molar-refractivity contribution is 5.99. The van der Waals surface area contributed by atoms with Crippen molar-refractivity contribution in [3.05, 3.63) is 36.0 Å². The zero-order chi connectivity index (χ0) is 18.4. The average molecular weight is 345 g/mol. The number of benzene rings is 1. The number of carboxylic acid groups (broad SMARTS) is 1. The summed E-state index contributed by atoms with van der Waals surface area (Å²) in [5.74, 6) is -1.74. The predicted molar refractivity (Wildman–Crippen MR) is 94.3 cm³/mol. The SMILES string of the molecule is CCC(CC)(CNC(=O)CNC(=O)c1cc2ccccc2[nH]1)C(=O)O. The number of carbonyl (C=O) groups is 3. The molecule has 0 aliphatic rings. The molecule has 1 heterocycles. The van der Waals surface area contributed by atoms with Gasteiger partial charge in [0.15, 0.2) is 0 Å². The summed E-state index contributed by atoms with van der Waals surface area (Å²) in [6, 6.07) is 9.20. The minimum Gasteiger partial charge on any atom is -0.481 e. The zero-order valence-corrected chi connectivity index (χ0v) is 14.4. The maximum atomic E-state index is 12.1. The molecular formula is C18H23N3O4. The molecule has 0 fully saturated rings. The smallest absolute Gasteiger partial charge is 0.311 e. The van der Waals surface area contributed by atoms with Crippen LogP contribution in [0.2, 0.25) is 0 Å². The van der Waals surface area contributed by atoms with Crippen molar-refractivity contribution in [1.29, 1.82) is 0 Å². The number of fused-ring (bicyclic) bond motifs is 1. The van der Waals surface area contributed by atoms with E-state index >= 15 is 0 Å². The van der Waals surface area contributed by atoms with Gasteiger partial charge in [0, 0.05) is 17.4 Å². The van der Waals surface area contributed by atoms with Crippen molar-refractivity contribution in [2.75, 3.05) is 13.1 Å². The van der Waals surface area contributed by atoms with Gasteiger partial charge in [0.25, 0.3) is 5.91 Å². The van der Waals surface area contributed by atoms with E-state index in [1.165, 1.54) is 0 Å². The fourth-order valence-corrected chi connectivity index (χ4v) is 2.66. The second-order valence-electron chi connectivity index (χ2n) is 6.02. The molecular weight excluding hydrogens is 322 g/mol. The van der Waals surface area contributed by atoms with Gasteiger partial charge in [0.1, 0.15) is 5.69 Å². The highest BCUT2D eigenvalue weighted by Gasteiger charge is 2.35. The van der Waals surface area contributed by atoms with E-state index in [0.29, 0.717) is 18.5 Å². The summed E-state index contributed by atoms with van der Waals surface area (Å²) in [5.41, 5.74) is 0.238. The quantitative estimate of drug-likeness (QED) is 0.585. The second kappa shape index (κ2) is 7.83. The van der Waals surface area contributed by atoms with Crippen molar-refractivity contribution in [2.45, 2.75) is 26.7 Å². The molecule has 7 nitrogen and oxygen atoms in total. The largest absolute Gasteiger partial charge is 0.481 e. The first kappa shape index (κ1) is 18.5. The number of aromatic nitrogens is 1. The lowest BCUT2D eigenvalue weighted by molar-refractivity contribution is -0.149. The van der Waals surface area contributed by atoms with E-state index in [1.807, 2.05) is 24.3 Å². The van der Waals surface area contributed by atoms with Crippen LogP contribution in [0.25, 0.3) is 10.9 Å². The number of aromatic amines is 1. The summed E-state index contributed by atoms with van der Waals surface area (Å²) in [4.78, 5) is 38.4. The third kappa shape index (κ3) is 4.17. The van der Waals surface area contributed by atoms with Crippen molar-refractivity contribution >= 4 is 28.7 Å². The molecule has 0 aliphatic heterocycles. The summed E-state index contributed by atoms with van der Waals surface area (Å²) in [5, 5.41) is 15.4. The lowest BCUT2D eigenvalue weighted by atomic mass is 9.82. The molecule has 7 heteroatoms. The molecule has 1 aromatic heterocycles. The highest BCUT2D eigenvalue weighted by Crippen LogP contribution is 2.25. The molecule has 0 saturated heterocycles. The summed E-state index contributed by atoms with van der Waals surface area (Å²) in [7, 11) is 0. The van der Waals surface area contributed by atoms with Crippen molar-refractivity contribution in [1.82, 2.24) is 15.6 Å². The van der Waals surface area contributed by atoms with Gasteiger partial charge in [-0.25, -0.2) is 0 Å². The summed E-state index contributed by atoms with van der Waals surface area (Å²) in [6.07, 6.45) is 0.834. The molecule has 2 amide bonds. The van der Waals surface area contributed by atoms with Crippen LogP contribution in [-0.2, 0) is 9.59 Å². The van der Waals surface area contributed by atoms with Crippen molar-refractivity contribution in [3.63, 3.8) is 0 Å². The molecule has 1 aromatic carbocycles. The maximum Gasteiger partial charge on any atom is 0.311 e. The van der Waals surface area contributed by atoms with Gasteiger partial charge in [-0.3, -0.25) is 14.4 Å². The van der Waals surface area contributed by atoms with E-state index in [-0.39, 0.29) is 19.0 Å². The minimum atomic E-state index is -0.975. The van der Waals surface area contributed by atoms with Crippen LogP contribution in [0.1, 0.15) is 37.2 Å². The Balaban J connectivity index is 1.89. The standard InChI is InChI=1S/C18H23N3O4/c1-3-18(4-2,17(24)25)11-20-15(22)10-19-16(23)14-9-12-7-5-6-8-13(12)21-14/h5-9,21H,3-4,10-11H2,1-2H3,(H,19,23)(H,20,22)(H,24,25). The molecule has 0 spiro atoms. The predicted octanol–water partition coefficient (Wildman–Crippen LogP) is 1.90. The van der Waals surface area contributed by atoms with Gasteiger partial charge in [0.2, 0.25) is 5.91 Å². The Bertz CT molecular complexity index is 744. The van der Waals surface area contributed by atoms with Crippen LogP contribution in [0.3, 0.4) is 0 Å². The molecule has 2 rings (SSSR count). The van der Waals surface area contributed by atoms with Gasteiger partial charge in [0.05, 0.1) is 12.0 Å². The van der Waals surface area contributed by atoms with Gasteiger partial charge in [-0.2, -0.15) is 0 Å². The van der Waals surface area contributed by atoms with Crippen molar-refractivity contribution in [3.8, 4) is 0 Å². The first-order valence-electron chi connectivity index (χ1n) is 8.28. The molecule has 0 unspecified atom stereocenters. The maximum absolute atomic E-state index is 12.1. The Morgan fingerprint density at radius 2 is 1.80 bits per heavy atom. The Kier molecular flexibility index (Phi) is 5.80. The van der Waals surface area contributed by atoms with Crippen LogP contribution < -0.4 is 10.6 Å². The Hall–Kier alpha value is -2.83. The summed E-state index contributed by atoms with van der Waals surface area (Å²) < 4.78 is 0. The van der Waals surface area contributed by atoms with Crippen LogP contribution >= 0.6 is 0 Å². The number of carboxylic acids is 1. The van der Waals surface area contributed by atoms with E-state index in [9.17, 15) is 19.5 Å². The highest BCUT2D eigenvalue weighted by atomic mass is 16.4. The van der Waals surface area contributed by atoms with Crippen LogP contribution in [0.5, 0.6) is 0 Å². The Morgan fingerprint density at radius 1 is 1.12 bits per heavy atom. The third-order valence-corrected chi connectivity index (χ3v) is 4.62. The van der Waals surface area contributed by atoms with E-state index in [2.05, 4.69) is 15.6 Å². The number of nitrogens with one attached hydrogen (secondary N) is 3. The van der Waals surface area contributed by atoms with E-state index in [1.54, 1.807) is 19.9 Å². The average Bonchev–Trinajstić information content (AvgIpc) is 3.05.